The van der Waals surface area contributed by atoms with Gasteiger partial charge in [-0.15, -0.1) is 0 Å². The highest BCUT2D eigenvalue weighted by Crippen LogP contribution is 2.27. The van der Waals surface area contributed by atoms with E-state index in [2.05, 4.69) is 20.9 Å². The molecule has 0 saturated heterocycles. The summed E-state index contributed by atoms with van der Waals surface area (Å²) < 4.78 is 0. The third-order valence-corrected chi connectivity index (χ3v) is 4.64. The van der Waals surface area contributed by atoms with Gasteiger partial charge in [0.15, 0.2) is 0 Å². The zero-order valence-electron chi connectivity index (χ0n) is 14.5. The van der Waals surface area contributed by atoms with Crippen LogP contribution in [0.5, 0.6) is 0 Å². The summed E-state index contributed by atoms with van der Waals surface area (Å²) in [5, 5.41) is 5.44. The minimum atomic E-state index is 0.148. The first kappa shape index (κ1) is 20.0. The highest BCUT2D eigenvalue weighted by Gasteiger charge is 2.07. The predicted octanol–water partition coefficient (Wildman–Crippen LogP) is 7.89. The zero-order chi connectivity index (χ0) is 19.9. The van der Waals surface area contributed by atoms with Crippen molar-refractivity contribution in [2.24, 2.45) is 10.1 Å². The van der Waals surface area contributed by atoms with Crippen molar-refractivity contribution in [3.8, 4) is 0 Å². The van der Waals surface area contributed by atoms with Crippen LogP contribution in [0.2, 0.25) is 15.1 Å². The molecule has 0 aliphatic carbocycles. The minimum absolute atomic E-state index is 0.148. The smallest absolute Gasteiger partial charge is 0.0764 e. The Labute approximate surface area is 177 Å². The average molecular weight is 428 g/mol. The van der Waals surface area contributed by atoms with E-state index >= 15 is 0 Å². The summed E-state index contributed by atoms with van der Waals surface area (Å²) in [5.74, 6) is 3.12. The van der Waals surface area contributed by atoms with Crippen LogP contribution >= 0.6 is 34.8 Å². The van der Waals surface area contributed by atoms with E-state index in [0.717, 1.165) is 16.7 Å². The molecule has 0 atom stereocenters. The van der Waals surface area contributed by atoms with E-state index in [-0.39, 0.29) is 6.54 Å². The lowest BCUT2D eigenvalue weighted by Crippen LogP contribution is -1.89. The van der Waals surface area contributed by atoms with Crippen LogP contribution in [0.25, 0.3) is 16.0 Å². The minimum Gasteiger partial charge on any atom is -0.205 e. The van der Waals surface area contributed by atoms with E-state index in [4.69, 9.17) is 40.3 Å². The quantitative estimate of drug-likeness (QED) is 0.172. The Hall–Kier alpha value is -2.71. The second kappa shape index (κ2) is 9.48. The average Bonchev–Trinajstić information content (AvgIpc) is 2.70. The Morgan fingerprint density at radius 3 is 1.89 bits per heavy atom. The number of benzene rings is 3. The summed E-state index contributed by atoms with van der Waals surface area (Å²) in [6, 6.07) is 20.1. The fourth-order valence-corrected chi connectivity index (χ4v) is 2.99. The molecule has 0 saturated carbocycles. The van der Waals surface area contributed by atoms with Gasteiger partial charge in [-0.2, -0.15) is 0 Å². The number of azide groups is 1. The maximum Gasteiger partial charge on any atom is 0.0764 e. The van der Waals surface area contributed by atoms with Crippen LogP contribution in [-0.4, -0.2) is 5.87 Å². The van der Waals surface area contributed by atoms with Crippen molar-refractivity contribution in [2.75, 3.05) is 0 Å². The standard InChI is InChI=1S/C21H13Cl3N4/c22-17-5-1-14(2-6-17)20(15-3-7-18(23)8-4-15)13-26-21-10-9-19(24)11-16(21)12-27-28-25/h1-11H,12H2. The Balaban J connectivity index is 2.14. The number of hydrogen-bond donors (Lipinski definition) is 0. The van der Waals surface area contributed by atoms with Gasteiger partial charge in [0.25, 0.3) is 0 Å². The van der Waals surface area contributed by atoms with Gasteiger partial charge in [-0.3, -0.25) is 0 Å². The van der Waals surface area contributed by atoms with Crippen molar-refractivity contribution in [1.29, 1.82) is 0 Å². The van der Waals surface area contributed by atoms with Gasteiger partial charge in [0.1, 0.15) is 0 Å². The first-order chi connectivity index (χ1) is 13.6. The first-order valence-electron chi connectivity index (χ1n) is 8.21. The van der Waals surface area contributed by atoms with Gasteiger partial charge < -0.3 is 0 Å². The Morgan fingerprint density at radius 1 is 0.821 bits per heavy atom. The van der Waals surface area contributed by atoms with E-state index < -0.39 is 0 Å². The highest BCUT2D eigenvalue weighted by atomic mass is 35.5. The van der Waals surface area contributed by atoms with Crippen molar-refractivity contribution in [2.45, 2.75) is 6.54 Å². The molecule has 3 rings (SSSR count). The molecule has 0 fully saturated rings. The van der Waals surface area contributed by atoms with E-state index in [1.807, 2.05) is 48.5 Å². The molecule has 0 spiro atoms. The fraction of sp³-hybridized carbons (Fsp3) is 0.0476. The van der Waals surface area contributed by atoms with Gasteiger partial charge in [-0.05, 0) is 70.6 Å². The molecule has 0 N–H and O–H groups in total. The summed E-state index contributed by atoms with van der Waals surface area (Å²) in [5.41, 5.74) is 12.5. The first-order valence-corrected chi connectivity index (χ1v) is 9.35. The van der Waals surface area contributed by atoms with Gasteiger partial charge in [-0.1, -0.05) is 64.2 Å². The summed E-state index contributed by atoms with van der Waals surface area (Å²) in [7, 11) is 0. The van der Waals surface area contributed by atoms with E-state index in [1.165, 1.54) is 0 Å². The maximum absolute atomic E-state index is 8.60. The number of aliphatic imine (C=N–C) groups is 1. The van der Waals surface area contributed by atoms with Crippen LogP contribution in [0.4, 0.5) is 5.69 Å². The molecule has 0 heterocycles. The van der Waals surface area contributed by atoms with Crippen molar-refractivity contribution in [3.05, 3.63) is 109 Å². The molecular weight excluding hydrogens is 415 g/mol. The topological polar surface area (TPSA) is 61.1 Å². The van der Waals surface area contributed by atoms with Crippen LogP contribution in [0.15, 0.2) is 76.8 Å². The van der Waals surface area contributed by atoms with Crippen molar-refractivity contribution >= 4 is 51.9 Å². The summed E-state index contributed by atoms with van der Waals surface area (Å²) >= 11 is 18.1. The normalized spacial score (nSPS) is 9.96. The summed E-state index contributed by atoms with van der Waals surface area (Å²) in [4.78, 5) is 7.30. The third kappa shape index (κ3) is 5.17. The molecule has 0 aliphatic heterocycles. The molecule has 0 amide bonds. The van der Waals surface area contributed by atoms with Gasteiger partial charge in [0.05, 0.1) is 17.8 Å². The molecule has 0 aliphatic rings. The van der Waals surface area contributed by atoms with Crippen LogP contribution in [0, 0.1) is 0 Å². The molecule has 0 unspecified atom stereocenters. The molecule has 0 radical (unpaired) electrons. The predicted molar refractivity (Wildman–Crippen MR) is 117 cm³/mol. The van der Waals surface area contributed by atoms with Crippen LogP contribution < -0.4 is 0 Å². The molecular formula is C21H13Cl3N4. The van der Waals surface area contributed by atoms with Gasteiger partial charge in [0, 0.05) is 20.0 Å². The lowest BCUT2D eigenvalue weighted by atomic mass is 9.99. The molecule has 138 valence electrons. The third-order valence-electron chi connectivity index (χ3n) is 3.90. The molecule has 7 heteroatoms. The number of hydrogen-bond acceptors (Lipinski definition) is 2. The largest absolute Gasteiger partial charge is 0.205 e. The Kier molecular flexibility index (Phi) is 6.78. The lowest BCUT2D eigenvalue weighted by molar-refractivity contribution is 1.05. The molecule has 4 nitrogen and oxygen atoms in total. The number of nitrogens with zero attached hydrogens (tertiary/aromatic N) is 4. The van der Waals surface area contributed by atoms with Crippen molar-refractivity contribution < 1.29 is 0 Å². The molecule has 28 heavy (non-hydrogen) atoms. The van der Waals surface area contributed by atoms with Crippen molar-refractivity contribution in [3.63, 3.8) is 0 Å². The van der Waals surface area contributed by atoms with E-state index in [9.17, 15) is 0 Å². The number of rotatable bonds is 5. The van der Waals surface area contributed by atoms with Crippen molar-refractivity contribution in [1.82, 2.24) is 0 Å². The molecule has 3 aromatic rings. The summed E-state index contributed by atoms with van der Waals surface area (Å²) in [6.45, 7) is 0.148. The second-order valence-electron chi connectivity index (χ2n) is 5.77. The molecule has 3 aromatic carbocycles. The Morgan fingerprint density at radius 2 is 1.36 bits per heavy atom. The van der Waals surface area contributed by atoms with Gasteiger partial charge in [0.2, 0.25) is 0 Å². The second-order valence-corrected chi connectivity index (χ2v) is 7.08. The fourth-order valence-electron chi connectivity index (χ4n) is 2.54. The zero-order valence-corrected chi connectivity index (χ0v) is 16.7. The summed E-state index contributed by atoms with van der Waals surface area (Å²) in [6.07, 6.45) is 0. The maximum atomic E-state index is 8.60. The SMILES string of the molecule is [N-]=[N+]=NCc1cc(Cl)ccc1N=C=C(c1ccc(Cl)cc1)c1ccc(Cl)cc1. The van der Waals surface area contributed by atoms with E-state index in [0.29, 0.717) is 26.3 Å². The Bertz CT molecular complexity index is 1050. The molecule has 0 bridgehead atoms. The lowest BCUT2D eigenvalue weighted by Gasteiger charge is -2.06. The van der Waals surface area contributed by atoms with Crippen LogP contribution in [-0.2, 0) is 6.54 Å². The number of halogens is 3. The van der Waals surface area contributed by atoms with Gasteiger partial charge >= 0.3 is 0 Å². The van der Waals surface area contributed by atoms with Gasteiger partial charge in [-0.25, -0.2) is 4.99 Å². The van der Waals surface area contributed by atoms with E-state index in [1.54, 1.807) is 18.2 Å². The van der Waals surface area contributed by atoms with Crippen LogP contribution in [0.1, 0.15) is 16.7 Å². The highest BCUT2D eigenvalue weighted by molar-refractivity contribution is 6.31. The monoisotopic (exact) mass is 426 g/mol. The van der Waals surface area contributed by atoms with Crippen LogP contribution in [0.3, 0.4) is 0 Å². The molecule has 0 aromatic heterocycles.